The molecular weight excluding hydrogens is 388 g/mol. The van der Waals surface area contributed by atoms with E-state index >= 15 is 0 Å². The molecule has 8 heteroatoms. The van der Waals surface area contributed by atoms with Crippen LogP contribution in [0.1, 0.15) is 55.5 Å². The molecule has 6 nitrogen and oxygen atoms in total. The molecule has 1 aromatic rings. The lowest BCUT2D eigenvalue weighted by Crippen LogP contribution is -2.35. The van der Waals surface area contributed by atoms with Crippen LogP contribution >= 0.6 is 0 Å². The van der Waals surface area contributed by atoms with Crippen LogP contribution in [0.3, 0.4) is 0 Å². The summed E-state index contributed by atoms with van der Waals surface area (Å²) in [7, 11) is -7.02. The highest BCUT2D eigenvalue weighted by Gasteiger charge is 2.28. The molecule has 0 heterocycles. The number of esters is 1. The van der Waals surface area contributed by atoms with Crippen LogP contribution in [-0.4, -0.2) is 51.9 Å². The molecule has 0 aliphatic carbocycles. The molecular formula is C19H30O6S2. The molecule has 0 unspecified atom stereocenters. The van der Waals surface area contributed by atoms with Gasteiger partial charge >= 0.3 is 5.97 Å². The highest BCUT2D eigenvalue weighted by molar-refractivity contribution is 7.92. The maximum absolute atomic E-state index is 12.4. The van der Waals surface area contributed by atoms with E-state index in [1.165, 1.54) is 0 Å². The van der Waals surface area contributed by atoms with Gasteiger partial charge in [0.2, 0.25) is 0 Å². The Morgan fingerprint density at radius 3 is 1.74 bits per heavy atom. The van der Waals surface area contributed by atoms with Crippen LogP contribution < -0.4 is 0 Å². The summed E-state index contributed by atoms with van der Waals surface area (Å²) in [5.41, 5.74) is 1.23. The number of carbonyl (C=O) groups is 1. The van der Waals surface area contributed by atoms with E-state index in [1.54, 1.807) is 24.3 Å². The fraction of sp³-hybridized carbons (Fsp3) is 0.632. The molecule has 1 aromatic carbocycles. The highest BCUT2D eigenvalue weighted by Crippen LogP contribution is 2.12. The number of hydrogen-bond donors (Lipinski definition) is 0. The Kier molecular flexibility index (Phi) is 9.45. The second-order valence-corrected chi connectivity index (χ2v) is 11.3. The first kappa shape index (κ1) is 23.6. The zero-order valence-electron chi connectivity index (χ0n) is 16.3. The van der Waals surface area contributed by atoms with Crippen molar-refractivity contribution in [3.63, 3.8) is 0 Å². The number of ether oxygens (including phenoxy) is 1. The number of benzene rings is 1. The van der Waals surface area contributed by atoms with Gasteiger partial charge in [0.1, 0.15) is 6.10 Å². The van der Waals surface area contributed by atoms with E-state index in [0.29, 0.717) is 25.7 Å². The van der Waals surface area contributed by atoms with Crippen LogP contribution in [0.5, 0.6) is 0 Å². The predicted octanol–water partition coefficient (Wildman–Crippen LogP) is 2.95. The minimum absolute atomic E-state index is 0.0446. The zero-order chi connectivity index (χ0) is 20.5. The van der Waals surface area contributed by atoms with Crippen molar-refractivity contribution >= 4 is 25.6 Å². The van der Waals surface area contributed by atoms with E-state index in [4.69, 9.17) is 4.74 Å². The molecule has 0 radical (unpaired) electrons. The number of sulfone groups is 2. The largest absolute Gasteiger partial charge is 0.457 e. The Morgan fingerprint density at radius 1 is 0.889 bits per heavy atom. The number of aryl methyl sites for hydroxylation is 1. The van der Waals surface area contributed by atoms with Gasteiger partial charge in [-0.25, -0.2) is 21.6 Å². The lowest BCUT2D eigenvalue weighted by molar-refractivity contribution is 0.0389. The number of carbonyl (C=O) groups excluding carboxylic acids is 1. The SMILES string of the molecule is CCCCS(=O)(=O)CC(CS(=O)(=O)CCCC)OC(=O)c1ccc(C)cc1. The first-order chi connectivity index (χ1) is 12.6. The molecule has 0 saturated heterocycles. The third-order valence-corrected chi connectivity index (χ3v) is 7.64. The van der Waals surface area contributed by atoms with Crippen LogP contribution in [-0.2, 0) is 24.4 Å². The molecule has 0 aromatic heterocycles. The molecule has 0 N–H and O–H groups in total. The average molecular weight is 419 g/mol. The molecule has 0 amide bonds. The van der Waals surface area contributed by atoms with Crippen molar-refractivity contribution in [1.29, 1.82) is 0 Å². The van der Waals surface area contributed by atoms with Gasteiger partial charge in [-0.1, -0.05) is 44.4 Å². The van der Waals surface area contributed by atoms with Crippen molar-refractivity contribution in [2.24, 2.45) is 0 Å². The summed E-state index contributed by atoms with van der Waals surface area (Å²) in [5, 5.41) is 0. The van der Waals surface area contributed by atoms with Gasteiger partial charge in [0.15, 0.2) is 19.7 Å². The van der Waals surface area contributed by atoms with Crippen LogP contribution in [0.4, 0.5) is 0 Å². The van der Waals surface area contributed by atoms with Crippen molar-refractivity contribution in [2.45, 2.75) is 52.6 Å². The molecule has 0 saturated carbocycles. The van der Waals surface area contributed by atoms with Crippen LogP contribution in [0.25, 0.3) is 0 Å². The summed E-state index contributed by atoms with van der Waals surface area (Å²) in [4.78, 5) is 12.4. The Bertz CT molecular complexity index is 755. The van der Waals surface area contributed by atoms with Gasteiger partial charge in [0.25, 0.3) is 0 Å². The minimum Gasteiger partial charge on any atom is -0.457 e. The van der Waals surface area contributed by atoms with Gasteiger partial charge in [-0.15, -0.1) is 0 Å². The Morgan fingerprint density at radius 2 is 1.33 bits per heavy atom. The van der Waals surface area contributed by atoms with Crippen LogP contribution in [0.2, 0.25) is 0 Å². The van der Waals surface area contributed by atoms with E-state index in [1.807, 2.05) is 20.8 Å². The maximum atomic E-state index is 12.4. The zero-order valence-corrected chi connectivity index (χ0v) is 17.9. The molecule has 0 spiro atoms. The highest BCUT2D eigenvalue weighted by atomic mass is 32.2. The van der Waals surface area contributed by atoms with Crippen molar-refractivity contribution < 1.29 is 26.4 Å². The smallest absolute Gasteiger partial charge is 0.338 e. The minimum atomic E-state index is -3.51. The quantitative estimate of drug-likeness (QED) is 0.484. The Labute approximate surface area is 163 Å². The van der Waals surface area contributed by atoms with Gasteiger partial charge in [0, 0.05) is 0 Å². The summed E-state index contributed by atoms with van der Waals surface area (Å²) >= 11 is 0. The molecule has 154 valence electrons. The average Bonchev–Trinajstić information content (AvgIpc) is 2.58. The van der Waals surface area contributed by atoms with Gasteiger partial charge in [-0.2, -0.15) is 0 Å². The van der Waals surface area contributed by atoms with Crippen molar-refractivity contribution in [1.82, 2.24) is 0 Å². The van der Waals surface area contributed by atoms with Gasteiger partial charge in [-0.05, 0) is 31.9 Å². The first-order valence-electron chi connectivity index (χ1n) is 9.27. The second kappa shape index (κ2) is 10.8. The summed E-state index contributed by atoms with van der Waals surface area (Å²) < 4.78 is 54.4. The maximum Gasteiger partial charge on any atom is 0.338 e. The fourth-order valence-electron chi connectivity index (χ4n) is 2.49. The molecule has 1 rings (SSSR count). The lowest BCUT2D eigenvalue weighted by atomic mass is 10.1. The monoisotopic (exact) mass is 418 g/mol. The van der Waals surface area contributed by atoms with E-state index in [2.05, 4.69) is 0 Å². The van der Waals surface area contributed by atoms with Crippen LogP contribution in [0.15, 0.2) is 24.3 Å². The molecule has 0 aliphatic rings. The van der Waals surface area contributed by atoms with E-state index in [-0.39, 0.29) is 17.1 Å². The van der Waals surface area contributed by atoms with E-state index in [9.17, 15) is 21.6 Å². The van der Waals surface area contributed by atoms with E-state index in [0.717, 1.165) is 5.56 Å². The standard InChI is InChI=1S/C19H30O6S2/c1-4-6-12-26(21,22)14-18(15-27(23,24)13-7-5-2)25-19(20)17-10-8-16(3)9-11-17/h8-11,18H,4-7,12-15H2,1-3H3. The van der Waals surface area contributed by atoms with Crippen LogP contribution in [0, 0.1) is 6.92 Å². The summed E-state index contributed by atoms with van der Waals surface area (Å²) in [6.45, 7) is 5.62. The topological polar surface area (TPSA) is 94.6 Å². The van der Waals surface area contributed by atoms with Crippen molar-refractivity contribution in [2.75, 3.05) is 23.0 Å². The Hall–Kier alpha value is -1.41. The first-order valence-corrected chi connectivity index (χ1v) is 12.9. The molecule has 0 aliphatic heterocycles. The van der Waals surface area contributed by atoms with Gasteiger partial charge < -0.3 is 4.74 Å². The van der Waals surface area contributed by atoms with Gasteiger partial charge in [-0.3, -0.25) is 0 Å². The summed E-state index contributed by atoms with van der Waals surface area (Å²) in [6.07, 6.45) is 1.19. The number of rotatable bonds is 12. The summed E-state index contributed by atoms with van der Waals surface area (Å²) in [5.74, 6) is -1.75. The summed E-state index contributed by atoms with van der Waals surface area (Å²) in [6, 6.07) is 6.63. The molecule has 0 fully saturated rings. The molecule has 27 heavy (non-hydrogen) atoms. The van der Waals surface area contributed by atoms with E-state index < -0.39 is 43.3 Å². The van der Waals surface area contributed by atoms with Crippen molar-refractivity contribution in [3.8, 4) is 0 Å². The number of hydrogen-bond acceptors (Lipinski definition) is 6. The fourth-order valence-corrected chi connectivity index (χ4v) is 5.93. The third kappa shape index (κ3) is 9.37. The predicted molar refractivity (Wildman–Crippen MR) is 108 cm³/mol. The normalized spacial score (nSPS) is 12.3. The Balaban J connectivity index is 2.95. The lowest BCUT2D eigenvalue weighted by Gasteiger charge is -2.18. The third-order valence-electron chi connectivity index (χ3n) is 4.06. The van der Waals surface area contributed by atoms with Gasteiger partial charge in [0.05, 0.1) is 28.6 Å². The molecule has 0 bridgehead atoms. The molecule has 0 atom stereocenters. The number of unbranched alkanes of at least 4 members (excludes halogenated alkanes) is 2. The second-order valence-electron chi connectivity index (χ2n) is 6.83. The van der Waals surface area contributed by atoms with Crippen molar-refractivity contribution in [3.05, 3.63) is 35.4 Å².